The van der Waals surface area contributed by atoms with Crippen LogP contribution in [0.4, 0.5) is 11.5 Å². The topological polar surface area (TPSA) is 154 Å². The average molecular weight is 288 g/mol. The summed E-state index contributed by atoms with van der Waals surface area (Å²) in [5.74, 6) is -0.111. The zero-order valence-corrected chi connectivity index (χ0v) is 11.2. The molecule has 20 heavy (non-hydrogen) atoms. The van der Waals surface area contributed by atoms with Crippen LogP contribution in [-0.4, -0.2) is 50.2 Å². The highest BCUT2D eigenvalue weighted by Gasteiger charge is 2.30. The van der Waals surface area contributed by atoms with Crippen LogP contribution in [0.5, 0.6) is 0 Å². The summed E-state index contributed by atoms with van der Waals surface area (Å²) >= 11 is 0. The van der Waals surface area contributed by atoms with E-state index in [9.17, 15) is 24.9 Å². The lowest BCUT2D eigenvalue weighted by Gasteiger charge is -2.30. The number of hydrogen-bond donors (Lipinski definition) is 6. The van der Waals surface area contributed by atoms with E-state index >= 15 is 0 Å². The summed E-state index contributed by atoms with van der Waals surface area (Å²) in [7, 11) is 0. The molecule has 0 aliphatic carbocycles. The van der Waals surface area contributed by atoms with Crippen molar-refractivity contribution in [3.8, 4) is 0 Å². The maximum atomic E-state index is 11.8. The third kappa shape index (κ3) is 3.00. The molecule has 0 amide bonds. The number of nitrogens with one attached hydrogen (secondary N) is 2. The minimum atomic E-state index is -1.50. The fourth-order valence-electron chi connectivity index (χ4n) is 1.69. The molecular weight excluding hydrogens is 268 g/mol. The molecule has 9 heteroatoms. The minimum Gasteiger partial charge on any atom is -0.394 e. The van der Waals surface area contributed by atoms with Gasteiger partial charge in [0.05, 0.1) is 19.8 Å². The van der Waals surface area contributed by atoms with Crippen LogP contribution in [-0.2, 0) is 6.54 Å². The Morgan fingerprint density at radius 3 is 2.25 bits per heavy atom. The summed E-state index contributed by atoms with van der Waals surface area (Å²) in [6.07, 6.45) is 0.626. The molecular formula is C11H20N4O5. The van der Waals surface area contributed by atoms with Gasteiger partial charge in [-0.05, 0) is 6.42 Å². The smallest absolute Gasteiger partial charge is 0.330 e. The maximum Gasteiger partial charge on any atom is 0.330 e. The van der Waals surface area contributed by atoms with Gasteiger partial charge in [-0.1, -0.05) is 6.92 Å². The van der Waals surface area contributed by atoms with Gasteiger partial charge in [0.2, 0.25) is 0 Å². The predicted molar refractivity (Wildman–Crippen MR) is 73.6 cm³/mol. The monoisotopic (exact) mass is 288 g/mol. The standard InChI is InChI=1S/C11H20N4O5/c1-2-3-15-8(12)7(9(19)13-10(15)20)14-11(4-16,5-17)6-18/h14,16-18H,2-6,12H2,1H3,(H,13,19,20). The second-order valence-electron chi connectivity index (χ2n) is 4.55. The number of aromatic nitrogens is 2. The zero-order chi connectivity index (χ0) is 15.3. The Bertz CT molecular complexity index is 553. The van der Waals surface area contributed by atoms with E-state index in [2.05, 4.69) is 10.3 Å². The Kier molecular flexibility index (Phi) is 5.31. The molecule has 0 radical (unpaired) electrons. The third-order valence-electron chi connectivity index (χ3n) is 2.98. The fraction of sp³-hybridized carbons (Fsp3) is 0.636. The van der Waals surface area contributed by atoms with E-state index in [0.29, 0.717) is 13.0 Å². The van der Waals surface area contributed by atoms with Crippen molar-refractivity contribution in [2.45, 2.75) is 25.4 Å². The Morgan fingerprint density at radius 2 is 1.80 bits per heavy atom. The van der Waals surface area contributed by atoms with Crippen LogP contribution in [0.2, 0.25) is 0 Å². The van der Waals surface area contributed by atoms with Crippen LogP contribution in [0.3, 0.4) is 0 Å². The number of H-pyrrole nitrogens is 1. The Hall–Kier alpha value is -1.84. The van der Waals surface area contributed by atoms with Crippen LogP contribution in [0.1, 0.15) is 13.3 Å². The molecule has 1 aromatic heterocycles. The molecule has 0 saturated heterocycles. The third-order valence-corrected chi connectivity index (χ3v) is 2.98. The van der Waals surface area contributed by atoms with Crippen molar-refractivity contribution in [2.75, 3.05) is 30.9 Å². The van der Waals surface area contributed by atoms with Gasteiger partial charge in [-0.25, -0.2) is 4.79 Å². The number of aliphatic hydroxyl groups is 3. The number of nitrogens with zero attached hydrogens (tertiary/aromatic N) is 1. The number of aromatic amines is 1. The van der Waals surface area contributed by atoms with Crippen molar-refractivity contribution in [1.82, 2.24) is 9.55 Å². The second-order valence-corrected chi connectivity index (χ2v) is 4.55. The summed E-state index contributed by atoms with van der Waals surface area (Å²) in [5, 5.41) is 30.3. The van der Waals surface area contributed by atoms with Crippen molar-refractivity contribution >= 4 is 11.5 Å². The van der Waals surface area contributed by atoms with E-state index in [4.69, 9.17) is 5.73 Å². The van der Waals surface area contributed by atoms with E-state index in [1.54, 1.807) is 0 Å². The van der Waals surface area contributed by atoms with Gasteiger partial charge in [0.25, 0.3) is 5.56 Å². The normalized spacial score (nSPS) is 11.6. The van der Waals surface area contributed by atoms with Crippen LogP contribution < -0.4 is 22.3 Å². The minimum absolute atomic E-state index is 0.111. The summed E-state index contributed by atoms with van der Waals surface area (Å²) in [4.78, 5) is 25.5. The van der Waals surface area contributed by atoms with Gasteiger partial charge in [0, 0.05) is 6.54 Å². The highest BCUT2D eigenvalue weighted by atomic mass is 16.3. The van der Waals surface area contributed by atoms with Crippen molar-refractivity contribution in [3.05, 3.63) is 20.8 Å². The van der Waals surface area contributed by atoms with Crippen molar-refractivity contribution in [2.24, 2.45) is 0 Å². The summed E-state index contributed by atoms with van der Waals surface area (Å²) < 4.78 is 1.17. The number of rotatable bonds is 7. The lowest BCUT2D eigenvalue weighted by molar-refractivity contribution is 0.0833. The van der Waals surface area contributed by atoms with Gasteiger partial charge < -0.3 is 26.4 Å². The molecule has 0 unspecified atom stereocenters. The first-order valence-corrected chi connectivity index (χ1v) is 6.18. The van der Waals surface area contributed by atoms with Crippen molar-refractivity contribution < 1.29 is 15.3 Å². The van der Waals surface area contributed by atoms with Crippen LogP contribution in [0.25, 0.3) is 0 Å². The maximum absolute atomic E-state index is 11.8. The number of nitrogen functional groups attached to an aromatic ring is 1. The van der Waals surface area contributed by atoms with Crippen molar-refractivity contribution in [3.63, 3.8) is 0 Å². The van der Waals surface area contributed by atoms with Gasteiger partial charge in [0.1, 0.15) is 17.0 Å². The Balaban J connectivity index is 3.35. The first-order valence-electron chi connectivity index (χ1n) is 6.18. The van der Waals surface area contributed by atoms with E-state index < -0.39 is 36.6 Å². The van der Waals surface area contributed by atoms with E-state index in [0.717, 1.165) is 0 Å². The van der Waals surface area contributed by atoms with E-state index in [-0.39, 0.29) is 11.5 Å². The molecule has 0 atom stereocenters. The molecule has 9 nitrogen and oxygen atoms in total. The fourth-order valence-corrected chi connectivity index (χ4v) is 1.69. The molecule has 0 spiro atoms. The number of hydrogen-bond acceptors (Lipinski definition) is 7. The highest BCUT2D eigenvalue weighted by molar-refractivity contribution is 5.61. The van der Waals surface area contributed by atoms with Crippen LogP contribution in [0, 0.1) is 0 Å². The largest absolute Gasteiger partial charge is 0.394 e. The Labute approximate surface area is 114 Å². The number of anilines is 2. The van der Waals surface area contributed by atoms with Gasteiger partial charge in [-0.15, -0.1) is 0 Å². The molecule has 0 aliphatic rings. The summed E-state index contributed by atoms with van der Waals surface area (Å²) in [6.45, 7) is 0.285. The van der Waals surface area contributed by atoms with Gasteiger partial charge >= 0.3 is 5.69 Å². The van der Waals surface area contributed by atoms with E-state index in [1.807, 2.05) is 6.92 Å². The number of nitrogens with two attached hydrogens (primary N) is 1. The molecule has 0 bridgehead atoms. The molecule has 1 rings (SSSR count). The lowest BCUT2D eigenvalue weighted by Crippen LogP contribution is -2.51. The molecule has 0 fully saturated rings. The Morgan fingerprint density at radius 1 is 1.25 bits per heavy atom. The number of aliphatic hydroxyl groups excluding tert-OH is 3. The van der Waals surface area contributed by atoms with Gasteiger partial charge in [0.15, 0.2) is 0 Å². The second kappa shape index (κ2) is 6.55. The summed E-state index contributed by atoms with van der Waals surface area (Å²) in [6, 6.07) is 0. The SMILES string of the molecule is CCCn1c(N)c(NC(CO)(CO)CO)c(=O)[nH]c1=O. The van der Waals surface area contributed by atoms with Crippen LogP contribution >= 0.6 is 0 Å². The molecule has 0 aromatic carbocycles. The first-order chi connectivity index (χ1) is 9.44. The van der Waals surface area contributed by atoms with Crippen molar-refractivity contribution in [1.29, 1.82) is 0 Å². The molecule has 114 valence electrons. The van der Waals surface area contributed by atoms with Gasteiger partial charge in [-0.2, -0.15) is 0 Å². The molecule has 0 saturated carbocycles. The predicted octanol–water partition coefficient (Wildman–Crippen LogP) is -2.34. The first kappa shape index (κ1) is 16.2. The van der Waals surface area contributed by atoms with E-state index in [1.165, 1.54) is 4.57 Å². The molecule has 7 N–H and O–H groups in total. The quantitative estimate of drug-likeness (QED) is 0.328. The van der Waals surface area contributed by atoms with Crippen LogP contribution in [0.15, 0.2) is 9.59 Å². The zero-order valence-electron chi connectivity index (χ0n) is 11.2. The average Bonchev–Trinajstić information content (AvgIpc) is 2.44. The summed E-state index contributed by atoms with van der Waals surface area (Å²) in [5.41, 5.74) is 2.69. The molecule has 1 heterocycles. The molecule has 0 aliphatic heterocycles. The highest BCUT2D eigenvalue weighted by Crippen LogP contribution is 2.16. The van der Waals surface area contributed by atoms with Gasteiger partial charge in [-0.3, -0.25) is 14.3 Å². The lowest BCUT2D eigenvalue weighted by atomic mass is 10.0. The molecule has 1 aromatic rings.